The third-order valence-corrected chi connectivity index (χ3v) is 4.19. The Hall–Kier alpha value is -1.22. The Balaban J connectivity index is 0.00000288. The highest BCUT2D eigenvalue weighted by Crippen LogP contribution is 2.15. The van der Waals surface area contributed by atoms with Crippen LogP contribution in [-0.2, 0) is 20.1 Å². The second kappa shape index (κ2) is 10.6. The van der Waals surface area contributed by atoms with E-state index >= 15 is 0 Å². The van der Waals surface area contributed by atoms with E-state index in [9.17, 15) is 0 Å². The number of aryl methyl sites for hydroxylation is 1. The van der Waals surface area contributed by atoms with Crippen LogP contribution in [0.25, 0.3) is 0 Å². The minimum Gasteiger partial charge on any atom is -0.357 e. The molecular formula is C17H26IN5S. The van der Waals surface area contributed by atoms with Crippen molar-refractivity contribution in [3.05, 3.63) is 47.8 Å². The van der Waals surface area contributed by atoms with Crippen molar-refractivity contribution < 1.29 is 0 Å². The molecule has 5 nitrogen and oxygen atoms in total. The van der Waals surface area contributed by atoms with Crippen molar-refractivity contribution in [1.29, 1.82) is 0 Å². The average molecular weight is 459 g/mol. The molecule has 0 fully saturated rings. The van der Waals surface area contributed by atoms with Gasteiger partial charge >= 0.3 is 0 Å². The SMILES string of the molecule is CCNC(=NCc1cnn(C)c1)N(C)Cc1ccc(SC)cc1.I. The maximum Gasteiger partial charge on any atom is 0.194 e. The van der Waals surface area contributed by atoms with Gasteiger partial charge in [-0.25, -0.2) is 4.99 Å². The number of nitrogens with one attached hydrogen (secondary N) is 1. The zero-order valence-corrected chi connectivity index (χ0v) is 17.8. The molecule has 0 saturated carbocycles. The molecule has 1 aromatic heterocycles. The van der Waals surface area contributed by atoms with E-state index in [1.54, 1.807) is 16.4 Å². The van der Waals surface area contributed by atoms with Crippen molar-refractivity contribution in [3.8, 4) is 0 Å². The van der Waals surface area contributed by atoms with Gasteiger partial charge in [-0.1, -0.05) is 12.1 Å². The summed E-state index contributed by atoms with van der Waals surface area (Å²) in [5.74, 6) is 0.908. The summed E-state index contributed by atoms with van der Waals surface area (Å²) in [7, 11) is 3.98. The van der Waals surface area contributed by atoms with Crippen LogP contribution in [0.4, 0.5) is 0 Å². The Morgan fingerprint density at radius 2 is 2.00 bits per heavy atom. The van der Waals surface area contributed by atoms with E-state index in [-0.39, 0.29) is 24.0 Å². The van der Waals surface area contributed by atoms with E-state index in [4.69, 9.17) is 4.99 Å². The number of nitrogens with zero attached hydrogens (tertiary/aromatic N) is 4. The van der Waals surface area contributed by atoms with Crippen LogP contribution in [0.15, 0.2) is 46.5 Å². The summed E-state index contributed by atoms with van der Waals surface area (Å²) in [4.78, 5) is 8.13. The van der Waals surface area contributed by atoms with Gasteiger partial charge in [-0.05, 0) is 30.9 Å². The molecule has 132 valence electrons. The molecule has 24 heavy (non-hydrogen) atoms. The van der Waals surface area contributed by atoms with E-state index in [2.05, 4.69) is 59.8 Å². The Kier molecular flexibility index (Phi) is 9.20. The molecule has 1 aromatic carbocycles. The lowest BCUT2D eigenvalue weighted by atomic mass is 10.2. The van der Waals surface area contributed by atoms with Crippen LogP contribution in [0.5, 0.6) is 0 Å². The van der Waals surface area contributed by atoms with Gasteiger partial charge in [-0.3, -0.25) is 4.68 Å². The average Bonchev–Trinajstić information content (AvgIpc) is 2.97. The van der Waals surface area contributed by atoms with E-state index in [1.807, 2.05) is 19.4 Å². The van der Waals surface area contributed by atoms with Gasteiger partial charge in [-0.2, -0.15) is 5.10 Å². The molecule has 0 aliphatic rings. The highest BCUT2D eigenvalue weighted by atomic mass is 127. The van der Waals surface area contributed by atoms with Crippen LogP contribution in [0.2, 0.25) is 0 Å². The maximum atomic E-state index is 4.70. The summed E-state index contributed by atoms with van der Waals surface area (Å²) >= 11 is 1.76. The molecule has 0 atom stereocenters. The van der Waals surface area contributed by atoms with Gasteiger partial charge in [0.2, 0.25) is 0 Å². The van der Waals surface area contributed by atoms with Crippen molar-refractivity contribution in [3.63, 3.8) is 0 Å². The summed E-state index contributed by atoms with van der Waals surface area (Å²) in [6, 6.07) is 8.67. The third kappa shape index (κ3) is 6.35. The summed E-state index contributed by atoms with van der Waals surface area (Å²) in [6.45, 7) is 4.39. The van der Waals surface area contributed by atoms with Gasteiger partial charge < -0.3 is 10.2 Å². The summed E-state index contributed by atoms with van der Waals surface area (Å²) in [5, 5.41) is 7.53. The first kappa shape index (κ1) is 20.8. The topological polar surface area (TPSA) is 45.5 Å². The fourth-order valence-corrected chi connectivity index (χ4v) is 2.68. The van der Waals surface area contributed by atoms with Crippen LogP contribution in [-0.4, -0.2) is 40.5 Å². The van der Waals surface area contributed by atoms with E-state index in [0.29, 0.717) is 6.54 Å². The van der Waals surface area contributed by atoms with Crippen molar-refractivity contribution in [2.75, 3.05) is 19.8 Å². The fourth-order valence-electron chi connectivity index (χ4n) is 2.27. The summed E-state index contributed by atoms with van der Waals surface area (Å²) in [6.07, 6.45) is 5.94. The van der Waals surface area contributed by atoms with Gasteiger partial charge in [0.1, 0.15) is 0 Å². The van der Waals surface area contributed by atoms with E-state index < -0.39 is 0 Å². The van der Waals surface area contributed by atoms with Crippen LogP contribution in [0.3, 0.4) is 0 Å². The number of aromatic nitrogens is 2. The lowest BCUT2D eigenvalue weighted by Gasteiger charge is -2.22. The lowest BCUT2D eigenvalue weighted by Crippen LogP contribution is -2.38. The number of rotatable bonds is 6. The molecule has 1 heterocycles. The fraction of sp³-hybridized carbons (Fsp3) is 0.412. The molecular weight excluding hydrogens is 433 g/mol. The molecule has 7 heteroatoms. The minimum atomic E-state index is 0. The monoisotopic (exact) mass is 459 g/mol. The van der Waals surface area contributed by atoms with Gasteiger partial charge in [0.05, 0.1) is 12.7 Å². The first-order chi connectivity index (χ1) is 11.1. The molecule has 0 aliphatic carbocycles. The molecule has 1 N–H and O–H groups in total. The van der Waals surface area contributed by atoms with E-state index in [0.717, 1.165) is 24.6 Å². The first-order valence-corrected chi connectivity index (χ1v) is 8.94. The van der Waals surface area contributed by atoms with Crippen LogP contribution < -0.4 is 5.32 Å². The normalized spacial score (nSPS) is 11.1. The predicted molar refractivity (Wildman–Crippen MR) is 113 cm³/mol. The molecule has 0 radical (unpaired) electrons. The number of guanidine groups is 1. The zero-order valence-electron chi connectivity index (χ0n) is 14.7. The molecule has 0 bridgehead atoms. The highest BCUT2D eigenvalue weighted by Gasteiger charge is 2.07. The van der Waals surface area contributed by atoms with Crippen molar-refractivity contribution in [2.24, 2.45) is 12.0 Å². The summed E-state index contributed by atoms with van der Waals surface area (Å²) < 4.78 is 1.80. The molecule has 0 saturated heterocycles. The number of hydrogen-bond donors (Lipinski definition) is 1. The minimum absolute atomic E-state index is 0. The standard InChI is InChI=1S/C17H25N5S.HI/c1-5-18-17(19-10-15-11-20-22(3)13-15)21(2)12-14-6-8-16(23-4)9-7-14;/h6-9,11,13H,5,10,12H2,1-4H3,(H,18,19);1H. The Labute approximate surface area is 165 Å². The number of benzene rings is 1. The second-order valence-corrected chi connectivity index (χ2v) is 6.28. The van der Waals surface area contributed by atoms with Crippen LogP contribution in [0.1, 0.15) is 18.1 Å². The Morgan fingerprint density at radius 1 is 1.29 bits per heavy atom. The van der Waals surface area contributed by atoms with Crippen molar-refractivity contribution in [1.82, 2.24) is 20.0 Å². The summed E-state index contributed by atoms with van der Waals surface area (Å²) in [5.41, 5.74) is 2.39. The Morgan fingerprint density at radius 3 is 2.54 bits per heavy atom. The lowest BCUT2D eigenvalue weighted by molar-refractivity contribution is 0.476. The predicted octanol–water partition coefficient (Wildman–Crippen LogP) is 3.36. The zero-order chi connectivity index (χ0) is 16.7. The van der Waals surface area contributed by atoms with Crippen molar-refractivity contribution >= 4 is 41.7 Å². The maximum absolute atomic E-state index is 4.70. The van der Waals surface area contributed by atoms with E-state index in [1.165, 1.54) is 10.5 Å². The van der Waals surface area contributed by atoms with Crippen LogP contribution >= 0.6 is 35.7 Å². The second-order valence-electron chi connectivity index (χ2n) is 5.40. The molecule has 0 unspecified atom stereocenters. The Bertz CT molecular complexity index is 639. The number of hydrogen-bond acceptors (Lipinski definition) is 3. The third-order valence-electron chi connectivity index (χ3n) is 3.45. The largest absolute Gasteiger partial charge is 0.357 e. The molecule has 2 rings (SSSR count). The van der Waals surface area contributed by atoms with Gasteiger partial charge in [0, 0.05) is 43.8 Å². The molecule has 0 spiro atoms. The van der Waals surface area contributed by atoms with Gasteiger partial charge in [-0.15, -0.1) is 35.7 Å². The number of thioether (sulfide) groups is 1. The molecule has 0 aliphatic heterocycles. The smallest absolute Gasteiger partial charge is 0.194 e. The number of aliphatic imine (C=N–C) groups is 1. The highest BCUT2D eigenvalue weighted by molar-refractivity contribution is 14.0. The first-order valence-electron chi connectivity index (χ1n) is 7.72. The van der Waals surface area contributed by atoms with Crippen molar-refractivity contribution in [2.45, 2.75) is 24.9 Å². The quantitative estimate of drug-likeness (QED) is 0.312. The van der Waals surface area contributed by atoms with Gasteiger partial charge in [0.25, 0.3) is 0 Å². The number of halogens is 1. The molecule has 2 aromatic rings. The van der Waals surface area contributed by atoms with Gasteiger partial charge in [0.15, 0.2) is 5.96 Å². The molecule has 0 amide bonds. The van der Waals surface area contributed by atoms with Crippen LogP contribution in [0, 0.1) is 0 Å².